The van der Waals surface area contributed by atoms with E-state index in [9.17, 15) is 13.2 Å². The molecule has 0 atom stereocenters. The average Bonchev–Trinajstić information content (AvgIpc) is 2.30. The van der Waals surface area contributed by atoms with Crippen molar-refractivity contribution in [3.8, 4) is 0 Å². The predicted molar refractivity (Wildman–Crippen MR) is 65.4 cm³/mol. The van der Waals surface area contributed by atoms with Crippen LogP contribution in [0.3, 0.4) is 0 Å². The minimum absolute atomic E-state index is 0.415. The molecule has 17 heavy (non-hydrogen) atoms. The molecule has 0 aromatic heterocycles. The summed E-state index contributed by atoms with van der Waals surface area (Å²) in [6, 6.07) is 16.4. The van der Waals surface area contributed by atoms with Crippen molar-refractivity contribution in [3.63, 3.8) is 0 Å². The first-order valence-electron chi connectivity index (χ1n) is 5.06. The van der Waals surface area contributed by atoms with E-state index in [1.54, 1.807) is 60.7 Å². The first kappa shape index (κ1) is 12.2. The van der Waals surface area contributed by atoms with Gasteiger partial charge in [0.25, 0.3) is 0 Å². The van der Waals surface area contributed by atoms with Crippen molar-refractivity contribution in [2.45, 2.75) is 5.07 Å². The molecule has 0 N–H and O–H groups in total. The van der Waals surface area contributed by atoms with E-state index in [1.165, 1.54) is 0 Å². The van der Waals surface area contributed by atoms with Crippen LogP contribution in [0.15, 0.2) is 60.7 Å². The summed E-state index contributed by atoms with van der Waals surface area (Å²) in [5, 5.41) is -4.13. The van der Waals surface area contributed by atoms with E-state index in [1.807, 2.05) is 0 Å². The fraction of sp³-hybridized carbons (Fsp3) is 0.0769. The molecule has 2 aromatic carbocycles. The van der Waals surface area contributed by atoms with Gasteiger partial charge in [-0.1, -0.05) is 0 Å². The standard InChI is InChI=1S/C13H11F3Se/c14-13(15,16)17(11-7-3-1-4-8-11)12-9-5-2-6-10-12/h1-10,17H. The van der Waals surface area contributed by atoms with Crippen LogP contribution in [-0.4, -0.2) is 19.0 Å². The van der Waals surface area contributed by atoms with Gasteiger partial charge < -0.3 is 0 Å². The first-order valence-corrected chi connectivity index (χ1v) is 7.87. The van der Waals surface area contributed by atoms with E-state index in [0.29, 0.717) is 8.92 Å². The van der Waals surface area contributed by atoms with Gasteiger partial charge in [0.15, 0.2) is 0 Å². The number of hydrogen-bond acceptors (Lipinski definition) is 0. The van der Waals surface area contributed by atoms with Gasteiger partial charge in [-0.2, -0.15) is 0 Å². The van der Waals surface area contributed by atoms with Gasteiger partial charge in [-0.05, 0) is 0 Å². The molecule has 0 bridgehead atoms. The molecule has 0 nitrogen and oxygen atoms in total. The second-order valence-corrected chi connectivity index (χ2v) is 8.11. The van der Waals surface area contributed by atoms with Crippen molar-refractivity contribution in [3.05, 3.63) is 60.7 Å². The normalized spacial score (nSPS) is 12.3. The molecule has 0 amide bonds. The maximum absolute atomic E-state index is 13.2. The SMILES string of the molecule is FC(F)(F)[SeH](c1ccccc1)c1ccccc1. The van der Waals surface area contributed by atoms with Crippen molar-refractivity contribution >= 4 is 22.8 Å². The monoisotopic (exact) mass is 304 g/mol. The molecule has 0 aliphatic rings. The van der Waals surface area contributed by atoms with Crippen molar-refractivity contribution in [2.24, 2.45) is 0 Å². The van der Waals surface area contributed by atoms with E-state index < -0.39 is 19.0 Å². The fourth-order valence-corrected chi connectivity index (χ4v) is 5.42. The Morgan fingerprint density at radius 1 is 0.647 bits per heavy atom. The van der Waals surface area contributed by atoms with Gasteiger partial charge in [-0.25, -0.2) is 0 Å². The first-order chi connectivity index (χ1) is 8.09. The molecule has 90 valence electrons. The number of benzene rings is 2. The quantitative estimate of drug-likeness (QED) is 0.746. The van der Waals surface area contributed by atoms with Crippen LogP contribution in [0, 0.1) is 0 Å². The van der Waals surface area contributed by atoms with E-state index in [0.717, 1.165) is 0 Å². The third-order valence-corrected chi connectivity index (χ3v) is 6.76. The molecule has 0 aliphatic carbocycles. The van der Waals surface area contributed by atoms with Crippen LogP contribution in [-0.2, 0) is 0 Å². The zero-order chi connectivity index (χ0) is 12.3. The topological polar surface area (TPSA) is 0 Å². The Labute approximate surface area is 102 Å². The summed E-state index contributed by atoms with van der Waals surface area (Å²) in [7, 11) is 0. The Hall–Kier alpha value is -1.25. The summed E-state index contributed by atoms with van der Waals surface area (Å²) in [6.07, 6.45) is 0. The van der Waals surface area contributed by atoms with Crippen LogP contribution < -0.4 is 8.92 Å². The fourth-order valence-electron chi connectivity index (χ4n) is 1.60. The second-order valence-electron chi connectivity index (χ2n) is 3.47. The summed E-state index contributed by atoms with van der Waals surface area (Å²) in [5.74, 6) is 0. The summed E-state index contributed by atoms with van der Waals surface area (Å²) >= 11 is -3.22. The summed E-state index contributed by atoms with van der Waals surface area (Å²) in [6.45, 7) is 0. The molecule has 0 unspecified atom stereocenters. The predicted octanol–water partition coefficient (Wildman–Crippen LogP) is 2.13. The molecule has 0 fully saturated rings. The van der Waals surface area contributed by atoms with Gasteiger partial charge in [0, 0.05) is 0 Å². The number of hydrogen-bond donors (Lipinski definition) is 0. The van der Waals surface area contributed by atoms with Crippen LogP contribution in [0.2, 0.25) is 0 Å². The van der Waals surface area contributed by atoms with Gasteiger partial charge in [0.1, 0.15) is 0 Å². The zero-order valence-electron chi connectivity index (χ0n) is 8.85. The average molecular weight is 303 g/mol. The Morgan fingerprint density at radius 3 is 1.29 bits per heavy atom. The van der Waals surface area contributed by atoms with E-state index >= 15 is 0 Å². The van der Waals surface area contributed by atoms with E-state index in [4.69, 9.17) is 0 Å². The van der Waals surface area contributed by atoms with Crippen LogP contribution in [0.5, 0.6) is 0 Å². The molecular weight excluding hydrogens is 292 g/mol. The van der Waals surface area contributed by atoms with E-state index in [-0.39, 0.29) is 0 Å². The van der Waals surface area contributed by atoms with Crippen molar-refractivity contribution in [1.82, 2.24) is 0 Å². The van der Waals surface area contributed by atoms with Crippen LogP contribution >= 0.6 is 0 Å². The molecule has 2 aromatic rings. The van der Waals surface area contributed by atoms with Crippen LogP contribution in [0.25, 0.3) is 0 Å². The van der Waals surface area contributed by atoms with Gasteiger partial charge in [-0.3, -0.25) is 0 Å². The van der Waals surface area contributed by atoms with Crippen LogP contribution in [0.1, 0.15) is 0 Å². The van der Waals surface area contributed by atoms with Gasteiger partial charge >= 0.3 is 102 Å². The number of alkyl halides is 3. The number of rotatable bonds is 2. The van der Waals surface area contributed by atoms with Gasteiger partial charge in [0.05, 0.1) is 0 Å². The minimum atomic E-state index is -4.13. The molecule has 4 heteroatoms. The van der Waals surface area contributed by atoms with Crippen molar-refractivity contribution in [1.29, 1.82) is 0 Å². The maximum atomic E-state index is 13.2. The molecule has 2 rings (SSSR count). The summed E-state index contributed by atoms with van der Waals surface area (Å²) in [4.78, 5) is 0. The Kier molecular flexibility index (Phi) is 3.55. The number of halogens is 3. The molecule has 0 spiro atoms. The molecule has 0 saturated heterocycles. The van der Waals surface area contributed by atoms with Gasteiger partial charge in [-0.15, -0.1) is 0 Å². The van der Waals surface area contributed by atoms with Crippen molar-refractivity contribution < 1.29 is 13.2 Å². The second kappa shape index (κ2) is 4.94. The van der Waals surface area contributed by atoms with E-state index in [2.05, 4.69) is 0 Å². The van der Waals surface area contributed by atoms with Crippen LogP contribution in [0.4, 0.5) is 13.2 Å². The Morgan fingerprint density at radius 2 is 1.00 bits per heavy atom. The Balaban J connectivity index is 2.48. The molecule has 0 aliphatic heterocycles. The molecule has 0 radical (unpaired) electrons. The molecule has 0 heterocycles. The molecular formula is C13H11F3Se. The zero-order valence-corrected chi connectivity index (χ0v) is 10.7. The third-order valence-electron chi connectivity index (χ3n) is 2.28. The summed E-state index contributed by atoms with van der Waals surface area (Å²) < 4.78 is 40.3. The third kappa shape index (κ3) is 2.90. The Bertz CT molecular complexity index is 426. The van der Waals surface area contributed by atoms with Crippen molar-refractivity contribution in [2.75, 3.05) is 0 Å². The van der Waals surface area contributed by atoms with Gasteiger partial charge in [0.2, 0.25) is 0 Å². The summed E-state index contributed by atoms with van der Waals surface area (Å²) in [5.41, 5.74) is 0. The molecule has 0 saturated carbocycles.